The van der Waals surface area contributed by atoms with Gasteiger partial charge in [0.05, 0.1) is 4.53 Å². The van der Waals surface area contributed by atoms with Crippen LogP contribution in [0.15, 0.2) is 16.2 Å². The van der Waals surface area contributed by atoms with Crippen molar-refractivity contribution in [2.24, 2.45) is 7.05 Å². The molecule has 0 saturated heterocycles. The Morgan fingerprint density at radius 3 is 2.63 bits per heavy atom. The van der Waals surface area contributed by atoms with Gasteiger partial charge in [-0.3, -0.25) is 4.79 Å². The summed E-state index contributed by atoms with van der Waals surface area (Å²) in [6.45, 7) is 1.98. The van der Waals surface area contributed by atoms with Crippen molar-refractivity contribution in [1.29, 1.82) is 10.5 Å². The largest absolute Gasteiger partial charge is 0.300 e. The highest BCUT2D eigenvalue weighted by atomic mass is 32.1. The molecule has 0 fully saturated rings. The van der Waals surface area contributed by atoms with Crippen LogP contribution in [-0.4, -0.2) is 4.57 Å². The molecule has 0 aromatic carbocycles. The molecule has 0 atom stereocenters. The first-order chi connectivity index (χ1) is 9.08. The highest BCUT2D eigenvalue weighted by molar-refractivity contribution is 7.11. The second-order valence-electron chi connectivity index (χ2n) is 3.85. The second kappa shape index (κ2) is 5.23. The highest BCUT2D eigenvalue weighted by Gasteiger charge is 2.06. The first-order valence-electron chi connectivity index (χ1n) is 5.34. The Labute approximate surface area is 117 Å². The van der Waals surface area contributed by atoms with Gasteiger partial charge in [-0.05, 0) is 30.0 Å². The molecule has 2 heterocycles. The zero-order chi connectivity index (χ0) is 14.0. The minimum atomic E-state index is -0.184. The van der Waals surface area contributed by atoms with Gasteiger partial charge in [0.1, 0.15) is 16.8 Å². The van der Waals surface area contributed by atoms with Crippen LogP contribution in [0.2, 0.25) is 0 Å². The Hall–Kier alpha value is -2.15. The fourth-order valence-electron chi connectivity index (χ4n) is 1.56. The predicted octanol–water partition coefficient (Wildman–Crippen LogP) is 0.843. The molecule has 0 aliphatic heterocycles. The maximum atomic E-state index is 12.1. The van der Waals surface area contributed by atoms with Gasteiger partial charge in [0.2, 0.25) is 0 Å². The SMILES string of the molecule is Cc1ccsc1C=c1sc(=C(C#N)C#N)n(C)c1=O. The van der Waals surface area contributed by atoms with E-state index in [-0.39, 0.29) is 11.1 Å². The van der Waals surface area contributed by atoms with E-state index in [9.17, 15) is 4.79 Å². The quantitative estimate of drug-likeness (QED) is 0.780. The van der Waals surface area contributed by atoms with E-state index in [1.165, 1.54) is 15.9 Å². The van der Waals surface area contributed by atoms with E-state index in [2.05, 4.69) is 0 Å². The molecule has 4 nitrogen and oxygen atoms in total. The molecule has 0 radical (unpaired) electrons. The second-order valence-corrected chi connectivity index (χ2v) is 5.82. The van der Waals surface area contributed by atoms with Gasteiger partial charge >= 0.3 is 0 Å². The summed E-state index contributed by atoms with van der Waals surface area (Å²) < 4.78 is 2.28. The number of nitrogens with zero attached hydrogens (tertiary/aromatic N) is 3. The fraction of sp³-hybridized carbons (Fsp3) is 0.154. The summed E-state index contributed by atoms with van der Waals surface area (Å²) in [7, 11) is 1.57. The van der Waals surface area contributed by atoms with E-state index in [4.69, 9.17) is 10.5 Å². The van der Waals surface area contributed by atoms with Crippen molar-refractivity contribution in [2.45, 2.75) is 6.92 Å². The van der Waals surface area contributed by atoms with Crippen molar-refractivity contribution < 1.29 is 0 Å². The lowest BCUT2D eigenvalue weighted by Gasteiger charge is -1.86. The average Bonchev–Trinajstić information content (AvgIpc) is 2.92. The maximum absolute atomic E-state index is 12.1. The molecule has 6 heteroatoms. The van der Waals surface area contributed by atoms with Gasteiger partial charge in [-0.1, -0.05) is 0 Å². The first kappa shape index (κ1) is 13.3. The van der Waals surface area contributed by atoms with Crippen LogP contribution >= 0.6 is 22.7 Å². The third kappa shape index (κ3) is 2.37. The molecule has 0 aliphatic carbocycles. The van der Waals surface area contributed by atoms with Crippen molar-refractivity contribution >= 4 is 34.3 Å². The Bertz CT molecular complexity index is 868. The van der Waals surface area contributed by atoms with Gasteiger partial charge in [-0.25, -0.2) is 0 Å². The molecule has 0 N–H and O–H groups in total. The van der Waals surface area contributed by atoms with E-state index in [1.54, 1.807) is 18.4 Å². The van der Waals surface area contributed by atoms with Gasteiger partial charge < -0.3 is 4.57 Å². The summed E-state index contributed by atoms with van der Waals surface area (Å²) in [5, 5.41) is 19.7. The Morgan fingerprint density at radius 1 is 1.42 bits per heavy atom. The molecule has 0 unspecified atom stereocenters. The van der Waals surface area contributed by atoms with Crippen LogP contribution in [0, 0.1) is 29.6 Å². The van der Waals surface area contributed by atoms with Crippen molar-refractivity contribution in [2.75, 3.05) is 0 Å². The molecule has 94 valence electrons. The molecule has 2 rings (SSSR count). The van der Waals surface area contributed by atoms with Gasteiger partial charge in [0.25, 0.3) is 5.56 Å². The van der Waals surface area contributed by atoms with Gasteiger partial charge in [0.15, 0.2) is 5.57 Å². The lowest BCUT2D eigenvalue weighted by molar-refractivity contribution is 0.855. The molecule has 0 saturated carbocycles. The zero-order valence-electron chi connectivity index (χ0n) is 10.3. The van der Waals surface area contributed by atoms with Gasteiger partial charge in [0, 0.05) is 11.9 Å². The van der Waals surface area contributed by atoms with Crippen LogP contribution in [0.4, 0.5) is 0 Å². The molecule has 0 aliphatic rings. The molecular weight excluding hydrogens is 278 g/mol. The number of aromatic nitrogens is 1. The van der Waals surface area contributed by atoms with E-state index in [1.807, 2.05) is 36.6 Å². The normalized spacial score (nSPS) is 11.1. The number of thiophene rings is 1. The molecular formula is C13H9N3OS2. The fourth-order valence-corrected chi connectivity index (χ4v) is 3.51. The van der Waals surface area contributed by atoms with E-state index >= 15 is 0 Å². The average molecular weight is 287 g/mol. The lowest BCUT2D eigenvalue weighted by atomic mass is 10.3. The standard InChI is InChI=1S/C13H9N3OS2/c1-8-3-4-18-10(8)5-11-12(17)16(2)13(19-11)9(6-14)7-15/h3-5H,1-2H3. The summed E-state index contributed by atoms with van der Waals surface area (Å²) in [4.78, 5) is 13.1. The number of rotatable bonds is 1. The Kier molecular flexibility index (Phi) is 3.66. The Morgan fingerprint density at radius 2 is 2.11 bits per heavy atom. The molecule has 0 bridgehead atoms. The predicted molar refractivity (Wildman–Crippen MR) is 76.1 cm³/mol. The summed E-state index contributed by atoms with van der Waals surface area (Å²) >= 11 is 2.72. The summed E-state index contributed by atoms with van der Waals surface area (Å²) in [6, 6.07) is 5.61. The molecule has 19 heavy (non-hydrogen) atoms. The number of hydrogen-bond donors (Lipinski definition) is 0. The third-order valence-corrected chi connectivity index (χ3v) is 4.78. The van der Waals surface area contributed by atoms with Crippen molar-refractivity contribution in [3.05, 3.63) is 41.4 Å². The van der Waals surface area contributed by atoms with Crippen molar-refractivity contribution in [3.63, 3.8) is 0 Å². The summed E-state index contributed by atoms with van der Waals surface area (Å²) in [5.74, 6) is 0. The molecule has 2 aromatic heterocycles. The molecule has 0 amide bonds. The molecule has 2 aromatic rings. The number of thiazole rings is 1. The third-order valence-electron chi connectivity index (χ3n) is 2.63. The number of hydrogen-bond acceptors (Lipinski definition) is 5. The number of nitriles is 2. The van der Waals surface area contributed by atoms with Crippen LogP contribution in [0.5, 0.6) is 0 Å². The summed E-state index contributed by atoms with van der Waals surface area (Å²) in [5.41, 5.74) is 0.884. The Balaban J connectivity index is 2.82. The highest BCUT2D eigenvalue weighted by Crippen LogP contribution is 2.15. The van der Waals surface area contributed by atoms with Crippen LogP contribution in [0.25, 0.3) is 11.6 Å². The number of aryl methyl sites for hydroxylation is 1. The van der Waals surface area contributed by atoms with Crippen molar-refractivity contribution in [1.82, 2.24) is 4.57 Å². The monoisotopic (exact) mass is 287 g/mol. The van der Waals surface area contributed by atoms with Crippen LogP contribution in [-0.2, 0) is 7.05 Å². The van der Waals surface area contributed by atoms with Crippen LogP contribution in [0.3, 0.4) is 0 Å². The van der Waals surface area contributed by atoms with E-state index in [0.29, 0.717) is 9.20 Å². The van der Waals surface area contributed by atoms with Gasteiger partial charge in [-0.15, -0.1) is 22.7 Å². The van der Waals surface area contributed by atoms with Crippen LogP contribution < -0.4 is 14.8 Å². The van der Waals surface area contributed by atoms with E-state index in [0.717, 1.165) is 10.4 Å². The minimum absolute atomic E-state index is 0.0350. The molecule has 0 spiro atoms. The maximum Gasteiger partial charge on any atom is 0.268 e. The first-order valence-corrected chi connectivity index (χ1v) is 7.04. The lowest BCUT2D eigenvalue weighted by Crippen LogP contribution is -2.29. The minimum Gasteiger partial charge on any atom is -0.300 e. The smallest absolute Gasteiger partial charge is 0.268 e. The zero-order valence-corrected chi connectivity index (χ0v) is 11.9. The van der Waals surface area contributed by atoms with Crippen LogP contribution in [0.1, 0.15) is 10.4 Å². The van der Waals surface area contributed by atoms with E-state index < -0.39 is 0 Å². The van der Waals surface area contributed by atoms with Gasteiger partial charge in [-0.2, -0.15) is 10.5 Å². The summed E-state index contributed by atoms with van der Waals surface area (Å²) in [6.07, 6.45) is 1.81. The van der Waals surface area contributed by atoms with Crippen molar-refractivity contribution in [3.8, 4) is 12.1 Å². The topological polar surface area (TPSA) is 69.6 Å².